The van der Waals surface area contributed by atoms with Crippen molar-refractivity contribution in [3.8, 4) is 0 Å². The van der Waals surface area contributed by atoms with E-state index in [2.05, 4.69) is 10.2 Å². The number of benzene rings is 1. The second kappa shape index (κ2) is 7.81. The van der Waals surface area contributed by atoms with Crippen molar-refractivity contribution in [2.45, 2.75) is 24.8 Å². The molecule has 4 nitrogen and oxygen atoms in total. The first kappa shape index (κ1) is 18.5. The van der Waals surface area contributed by atoms with Crippen LogP contribution in [0.25, 0.3) is 0 Å². The quantitative estimate of drug-likeness (QED) is 0.638. The van der Waals surface area contributed by atoms with Crippen molar-refractivity contribution in [2.24, 2.45) is 0 Å². The summed E-state index contributed by atoms with van der Waals surface area (Å²) in [6, 6.07) is 5.33. The number of nitrogens with zero attached hydrogens (tertiary/aromatic N) is 2. The van der Waals surface area contributed by atoms with Crippen LogP contribution in [0.1, 0.15) is 12.0 Å². The summed E-state index contributed by atoms with van der Waals surface area (Å²) in [5, 5.41) is 3.18. The van der Waals surface area contributed by atoms with Gasteiger partial charge in [-0.3, -0.25) is 14.6 Å². The second-order valence-corrected chi connectivity index (χ2v) is 6.10. The van der Waals surface area contributed by atoms with E-state index in [0.29, 0.717) is 12.2 Å². The summed E-state index contributed by atoms with van der Waals surface area (Å²) in [5.41, 5.74) is -0.177. The fourth-order valence-electron chi connectivity index (χ4n) is 2.93. The summed E-state index contributed by atoms with van der Waals surface area (Å²) in [5.74, 6) is 0. The average Bonchev–Trinajstić information content (AvgIpc) is 2.95. The van der Waals surface area contributed by atoms with Crippen molar-refractivity contribution in [2.75, 3.05) is 32.5 Å². The molecule has 1 heterocycles. The van der Waals surface area contributed by atoms with E-state index in [1.807, 2.05) is 25.1 Å². The molecule has 132 valence electrons. The van der Waals surface area contributed by atoms with Crippen molar-refractivity contribution >= 4 is 12.0 Å². The number of alkyl halides is 3. The van der Waals surface area contributed by atoms with Gasteiger partial charge >= 0.3 is 6.18 Å². The number of carbonyl (C=O) groups is 1. The normalized spacial score (nSPS) is 20.7. The number of halogens is 3. The molecule has 1 fully saturated rings. The zero-order valence-corrected chi connectivity index (χ0v) is 13.8. The molecule has 1 aromatic carbocycles. The first-order valence-electron chi connectivity index (χ1n) is 7.77. The summed E-state index contributed by atoms with van der Waals surface area (Å²) < 4.78 is 38.3. The molecule has 0 spiro atoms. The van der Waals surface area contributed by atoms with E-state index in [0.717, 1.165) is 31.4 Å². The minimum atomic E-state index is -4.34. The fourth-order valence-corrected chi connectivity index (χ4v) is 2.93. The first-order valence-corrected chi connectivity index (χ1v) is 7.77. The number of carbonyl (C=O) groups excluding carboxylic acids is 1. The molecule has 1 aliphatic rings. The molecule has 0 aliphatic carbocycles. The van der Waals surface area contributed by atoms with Gasteiger partial charge in [-0.25, -0.2) is 0 Å². The smallest absolute Gasteiger partial charge is 0.381 e. The van der Waals surface area contributed by atoms with Crippen LogP contribution in [0.5, 0.6) is 0 Å². The number of anilines is 1. The minimum Gasteiger partial charge on any atom is -0.381 e. The van der Waals surface area contributed by atoms with Crippen LogP contribution in [-0.2, 0) is 11.0 Å². The highest BCUT2D eigenvalue weighted by molar-refractivity contribution is 5.64. The zero-order valence-electron chi connectivity index (χ0n) is 13.8. The third-order valence-corrected chi connectivity index (χ3v) is 4.05. The van der Waals surface area contributed by atoms with Crippen LogP contribution in [0.2, 0.25) is 0 Å². The Morgan fingerprint density at radius 3 is 2.75 bits per heavy atom. The predicted octanol–water partition coefficient (Wildman–Crippen LogP) is 2.83. The van der Waals surface area contributed by atoms with Gasteiger partial charge in [-0.05, 0) is 50.9 Å². The Morgan fingerprint density at radius 1 is 1.38 bits per heavy atom. The Morgan fingerprint density at radius 2 is 2.12 bits per heavy atom. The van der Waals surface area contributed by atoms with Crippen molar-refractivity contribution in [3.63, 3.8) is 0 Å². The molecule has 2 atom stereocenters. The molecule has 7 heteroatoms. The molecular weight excluding hydrogens is 319 g/mol. The molecule has 0 bridgehead atoms. The highest BCUT2D eigenvalue weighted by Gasteiger charge is 2.31. The van der Waals surface area contributed by atoms with Crippen molar-refractivity contribution in [3.05, 3.63) is 42.0 Å². The lowest BCUT2D eigenvalue weighted by molar-refractivity contribution is -0.137. The van der Waals surface area contributed by atoms with Gasteiger partial charge < -0.3 is 5.32 Å². The molecule has 1 saturated heterocycles. The number of hydrogen-bond acceptors (Lipinski definition) is 4. The van der Waals surface area contributed by atoms with Gasteiger partial charge in [0, 0.05) is 24.8 Å². The number of likely N-dealkylation sites (tertiary alicyclic amines) is 1. The Labute approximate surface area is 139 Å². The van der Waals surface area contributed by atoms with Crippen LogP contribution in [0, 0.1) is 0 Å². The Hall–Kier alpha value is -1.86. The number of allylic oxidation sites excluding steroid dienone is 1. The SMILES string of the molecule is CN(C)[C@H](/C=C/C=O)N1CC[C@@H](Nc2cccc(C(F)(F)F)c2)C1. The lowest BCUT2D eigenvalue weighted by Crippen LogP contribution is -2.43. The Bertz CT molecular complexity index is 587. The van der Waals surface area contributed by atoms with E-state index in [1.54, 1.807) is 6.07 Å². The van der Waals surface area contributed by atoms with Gasteiger partial charge in [0.1, 0.15) is 6.29 Å². The predicted molar refractivity (Wildman–Crippen MR) is 87.7 cm³/mol. The van der Waals surface area contributed by atoms with E-state index < -0.39 is 11.7 Å². The molecule has 2 rings (SSSR count). The van der Waals surface area contributed by atoms with Gasteiger partial charge in [0.15, 0.2) is 0 Å². The lowest BCUT2D eigenvalue weighted by atomic mass is 10.1. The molecule has 1 N–H and O–H groups in total. The van der Waals surface area contributed by atoms with E-state index in [4.69, 9.17) is 0 Å². The maximum absolute atomic E-state index is 12.8. The zero-order chi connectivity index (χ0) is 17.7. The molecule has 1 aromatic rings. The topological polar surface area (TPSA) is 35.6 Å². The molecule has 0 radical (unpaired) electrons. The van der Waals surface area contributed by atoms with Crippen LogP contribution in [0.15, 0.2) is 36.4 Å². The van der Waals surface area contributed by atoms with E-state index in [1.165, 1.54) is 12.1 Å². The fraction of sp³-hybridized carbons (Fsp3) is 0.471. The van der Waals surface area contributed by atoms with Crippen molar-refractivity contribution < 1.29 is 18.0 Å². The largest absolute Gasteiger partial charge is 0.416 e. The number of rotatable bonds is 6. The number of hydrogen-bond donors (Lipinski definition) is 1. The summed E-state index contributed by atoms with van der Waals surface area (Å²) in [4.78, 5) is 14.7. The summed E-state index contributed by atoms with van der Waals surface area (Å²) in [6.07, 6.45) is 0.511. The lowest BCUT2D eigenvalue weighted by Gasteiger charge is -2.30. The van der Waals surface area contributed by atoms with Crippen molar-refractivity contribution in [1.82, 2.24) is 9.80 Å². The standard InChI is InChI=1S/C17H22F3N3O/c1-22(2)16(7-4-10-24)23-9-8-15(12-23)21-14-6-3-5-13(11-14)17(18,19)20/h3-7,10-11,15-16,21H,8-9,12H2,1-2H3/b7-4+/t15-,16+/m1/s1. The van der Waals surface area contributed by atoms with Gasteiger partial charge in [0.05, 0.1) is 11.7 Å². The van der Waals surface area contributed by atoms with Crippen LogP contribution < -0.4 is 5.32 Å². The molecule has 0 saturated carbocycles. The Kier molecular flexibility index (Phi) is 6.01. The van der Waals surface area contributed by atoms with Crippen molar-refractivity contribution in [1.29, 1.82) is 0 Å². The number of nitrogens with one attached hydrogen (secondary N) is 1. The summed E-state index contributed by atoms with van der Waals surface area (Å²) >= 11 is 0. The molecule has 0 amide bonds. The third-order valence-electron chi connectivity index (χ3n) is 4.05. The van der Waals surface area contributed by atoms with Gasteiger partial charge in [0.25, 0.3) is 0 Å². The van der Waals surface area contributed by atoms with Crippen LogP contribution in [-0.4, -0.2) is 55.5 Å². The first-order chi connectivity index (χ1) is 11.3. The van der Waals surface area contributed by atoms with Gasteiger partial charge in [-0.15, -0.1) is 0 Å². The highest BCUT2D eigenvalue weighted by atomic mass is 19.4. The second-order valence-electron chi connectivity index (χ2n) is 6.10. The van der Waals surface area contributed by atoms with Gasteiger partial charge in [-0.2, -0.15) is 13.2 Å². The highest BCUT2D eigenvalue weighted by Crippen LogP contribution is 2.31. The van der Waals surface area contributed by atoms with Gasteiger partial charge in [-0.1, -0.05) is 6.07 Å². The Balaban J connectivity index is 2.01. The molecule has 24 heavy (non-hydrogen) atoms. The maximum atomic E-state index is 12.8. The van der Waals surface area contributed by atoms with E-state index >= 15 is 0 Å². The summed E-state index contributed by atoms with van der Waals surface area (Å²) in [6.45, 7) is 1.50. The van der Waals surface area contributed by atoms with E-state index in [-0.39, 0.29) is 12.2 Å². The molecule has 0 aromatic heterocycles. The third kappa shape index (κ3) is 4.82. The number of aldehydes is 1. The summed E-state index contributed by atoms with van der Waals surface area (Å²) in [7, 11) is 3.85. The van der Waals surface area contributed by atoms with Crippen LogP contribution >= 0.6 is 0 Å². The molecule has 0 unspecified atom stereocenters. The molecular formula is C17H22F3N3O. The average molecular weight is 341 g/mol. The maximum Gasteiger partial charge on any atom is 0.416 e. The van der Waals surface area contributed by atoms with Gasteiger partial charge in [0.2, 0.25) is 0 Å². The monoisotopic (exact) mass is 341 g/mol. The van der Waals surface area contributed by atoms with Crippen LogP contribution in [0.4, 0.5) is 18.9 Å². The minimum absolute atomic E-state index is 0.0106. The van der Waals surface area contributed by atoms with E-state index in [9.17, 15) is 18.0 Å². The van der Waals surface area contributed by atoms with Crippen LogP contribution in [0.3, 0.4) is 0 Å². The molecule has 1 aliphatic heterocycles. The number of likely N-dealkylation sites (N-methyl/N-ethyl adjacent to an activating group) is 1.